The molecule has 0 N–H and O–H groups in total. The number of benzene rings is 2. The number of rotatable bonds is 0. The molecule has 0 aliphatic rings. The summed E-state index contributed by atoms with van der Waals surface area (Å²) in [6.45, 7) is 0. The molecule has 0 aromatic heterocycles. The number of halogens is 1. The topological polar surface area (TPSA) is 0 Å². The summed E-state index contributed by atoms with van der Waals surface area (Å²) in [6, 6.07) is 15.0. The van der Waals surface area contributed by atoms with Gasteiger partial charge in [-0.25, -0.2) is 0 Å². The number of hydrogen-bond donors (Lipinski definition) is 0. The molecule has 0 bridgehead atoms. The van der Waals surface area contributed by atoms with E-state index in [2.05, 4.69) is 42.5 Å². The summed E-state index contributed by atoms with van der Waals surface area (Å²) in [7, 11) is 0. The summed E-state index contributed by atoms with van der Waals surface area (Å²) in [5, 5.41) is 2.77. The van der Waals surface area contributed by atoms with Crippen molar-refractivity contribution in [2.75, 3.05) is 0 Å². The van der Waals surface area contributed by atoms with Crippen molar-refractivity contribution in [2.24, 2.45) is 0 Å². The third-order valence-corrected chi connectivity index (χ3v) is 3.17. The molecule has 0 atom stereocenters. The van der Waals surface area contributed by atoms with Gasteiger partial charge in [-0.05, 0) is 0 Å². The SMILES string of the molecule is Br.[Zn][c]1cccc2ccccc12. The van der Waals surface area contributed by atoms with Crippen LogP contribution in [0, 0.1) is 0 Å². The van der Waals surface area contributed by atoms with E-state index in [0.29, 0.717) is 0 Å². The molecule has 2 aromatic carbocycles. The van der Waals surface area contributed by atoms with E-state index < -0.39 is 0 Å². The Bertz CT molecular complexity index is 379. The first-order valence-electron chi connectivity index (χ1n) is 3.67. The van der Waals surface area contributed by atoms with Gasteiger partial charge in [-0.3, -0.25) is 0 Å². The van der Waals surface area contributed by atoms with E-state index in [0.717, 1.165) is 0 Å². The van der Waals surface area contributed by atoms with Crippen LogP contribution in [0.4, 0.5) is 0 Å². The third-order valence-electron chi connectivity index (χ3n) is 1.88. The molecule has 0 aliphatic heterocycles. The van der Waals surface area contributed by atoms with E-state index in [4.69, 9.17) is 0 Å². The predicted molar refractivity (Wildman–Crippen MR) is 53.9 cm³/mol. The van der Waals surface area contributed by atoms with Gasteiger partial charge in [0.15, 0.2) is 0 Å². The Balaban J connectivity index is 0.000000720. The van der Waals surface area contributed by atoms with Gasteiger partial charge in [0.1, 0.15) is 0 Å². The first kappa shape index (κ1) is 9.89. The second-order valence-corrected chi connectivity index (χ2v) is 4.24. The van der Waals surface area contributed by atoms with Crippen LogP contribution >= 0.6 is 17.0 Å². The Kier molecular flexibility index (Phi) is 3.43. The fraction of sp³-hybridized carbons (Fsp3) is 0. The summed E-state index contributed by atoms with van der Waals surface area (Å²) in [5.74, 6) is 0. The van der Waals surface area contributed by atoms with E-state index >= 15 is 0 Å². The zero-order chi connectivity index (χ0) is 7.68. The molecular weight excluding hydrogens is 265 g/mol. The third kappa shape index (κ3) is 1.76. The van der Waals surface area contributed by atoms with Crippen LogP contribution in [0.3, 0.4) is 0 Å². The van der Waals surface area contributed by atoms with Crippen LogP contribution in [0.1, 0.15) is 0 Å². The van der Waals surface area contributed by atoms with Crippen LogP contribution in [0.15, 0.2) is 42.5 Å². The standard InChI is InChI=1S/C10H7.BrH.Zn/c1-2-6-10-8-4-3-7-9(10)5-1;;/h1-7H;1H;. The number of fused-ring (bicyclic) bond motifs is 1. The first-order chi connectivity index (χ1) is 5.38. The Morgan fingerprint density at radius 2 is 1.50 bits per heavy atom. The molecule has 0 saturated heterocycles. The summed E-state index contributed by atoms with van der Waals surface area (Å²) in [4.78, 5) is 0. The molecular formula is C10H8BrZn. The molecule has 0 nitrogen and oxygen atoms in total. The van der Waals surface area contributed by atoms with E-state index in [1.807, 2.05) is 0 Å². The van der Waals surface area contributed by atoms with Gasteiger partial charge in [0.25, 0.3) is 0 Å². The van der Waals surface area contributed by atoms with Crippen LogP contribution in [0.25, 0.3) is 10.8 Å². The average Bonchev–Trinajstić information content (AvgIpc) is 2.06. The van der Waals surface area contributed by atoms with Crippen LogP contribution in [-0.4, -0.2) is 0 Å². The first-order valence-corrected chi connectivity index (χ1v) is 5.16. The summed E-state index contributed by atoms with van der Waals surface area (Å²) >= 11 is 1.24. The fourth-order valence-electron chi connectivity index (χ4n) is 1.29. The monoisotopic (exact) mass is 271 g/mol. The molecule has 0 spiro atoms. The Hall–Kier alpha value is -0.197. The molecule has 0 radical (unpaired) electrons. The predicted octanol–water partition coefficient (Wildman–Crippen LogP) is 2.59. The molecule has 2 rings (SSSR count). The Labute approximate surface area is 92.4 Å². The molecule has 0 aliphatic carbocycles. The van der Waals surface area contributed by atoms with Gasteiger partial charge >= 0.3 is 75.7 Å². The Morgan fingerprint density at radius 3 is 2.25 bits per heavy atom. The van der Waals surface area contributed by atoms with Gasteiger partial charge in [-0.1, -0.05) is 0 Å². The molecule has 0 amide bonds. The average molecular weight is 273 g/mol. The van der Waals surface area contributed by atoms with E-state index in [-0.39, 0.29) is 17.0 Å². The van der Waals surface area contributed by atoms with Crippen molar-refractivity contribution in [1.29, 1.82) is 0 Å². The minimum absolute atomic E-state index is 0. The van der Waals surface area contributed by atoms with E-state index in [1.165, 1.54) is 33.2 Å². The van der Waals surface area contributed by atoms with Gasteiger partial charge in [0.05, 0.1) is 0 Å². The molecule has 0 heterocycles. The normalized spacial score (nSPS) is 9.50. The molecule has 57 valence electrons. The Morgan fingerprint density at radius 1 is 0.833 bits per heavy atom. The van der Waals surface area contributed by atoms with Gasteiger partial charge in [0.2, 0.25) is 0 Å². The van der Waals surface area contributed by atoms with Crippen molar-refractivity contribution in [3.8, 4) is 0 Å². The van der Waals surface area contributed by atoms with E-state index in [1.54, 1.807) is 0 Å². The van der Waals surface area contributed by atoms with Gasteiger partial charge in [-0.2, -0.15) is 0 Å². The van der Waals surface area contributed by atoms with Crippen molar-refractivity contribution in [3.63, 3.8) is 0 Å². The van der Waals surface area contributed by atoms with Crippen LogP contribution in [-0.2, 0) is 18.3 Å². The maximum atomic E-state index is 2.20. The molecule has 0 fully saturated rings. The second-order valence-electron chi connectivity index (χ2n) is 2.64. The van der Waals surface area contributed by atoms with Crippen molar-refractivity contribution in [3.05, 3.63) is 42.5 Å². The summed E-state index contributed by atoms with van der Waals surface area (Å²) < 4.78 is 1.48. The fourth-order valence-corrected chi connectivity index (χ4v) is 2.25. The van der Waals surface area contributed by atoms with Crippen LogP contribution in [0.5, 0.6) is 0 Å². The summed E-state index contributed by atoms with van der Waals surface area (Å²) in [5.41, 5.74) is 0. The van der Waals surface area contributed by atoms with Gasteiger partial charge in [0, 0.05) is 0 Å². The zero-order valence-corrected chi connectivity index (χ0v) is 11.3. The molecule has 0 saturated carbocycles. The minimum atomic E-state index is 0. The number of hydrogen-bond acceptors (Lipinski definition) is 0. The van der Waals surface area contributed by atoms with Gasteiger partial charge < -0.3 is 0 Å². The second kappa shape index (κ2) is 4.16. The van der Waals surface area contributed by atoms with Crippen molar-refractivity contribution < 1.29 is 18.3 Å². The molecule has 0 unspecified atom stereocenters. The quantitative estimate of drug-likeness (QED) is 0.647. The molecule has 2 aromatic rings. The maximum absolute atomic E-state index is 2.20. The van der Waals surface area contributed by atoms with Gasteiger partial charge in [-0.15, -0.1) is 17.0 Å². The van der Waals surface area contributed by atoms with Crippen molar-refractivity contribution in [1.82, 2.24) is 0 Å². The molecule has 12 heavy (non-hydrogen) atoms. The van der Waals surface area contributed by atoms with Crippen molar-refractivity contribution >= 4 is 31.9 Å². The van der Waals surface area contributed by atoms with Crippen molar-refractivity contribution in [2.45, 2.75) is 0 Å². The van der Waals surface area contributed by atoms with E-state index in [9.17, 15) is 0 Å². The van der Waals surface area contributed by atoms with Crippen LogP contribution in [0.2, 0.25) is 0 Å². The molecule has 2 heteroatoms. The zero-order valence-electron chi connectivity index (χ0n) is 6.66. The summed E-state index contributed by atoms with van der Waals surface area (Å²) in [6.07, 6.45) is 0. The van der Waals surface area contributed by atoms with Crippen LogP contribution < -0.4 is 4.16 Å².